The smallest absolute Gasteiger partial charge is 0.223 e. The Morgan fingerprint density at radius 3 is 2.91 bits per heavy atom. The van der Waals surface area contributed by atoms with E-state index in [0.29, 0.717) is 25.2 Å². The van der Waals surface area contributed by atoms with Gasteiger partial charge in [-0.15, -0.1) is 0 Å². The largest absolute Gasteiger partial charge is 0.491 e. The topological polar surface area (TPSA) is 80.3 Å². The van der Waals surface area contributed by atoms with Crippen LogP contribution in [-0.2, 0) is 9.53 Å². The Hall–Kier alpha value is -3.33. The number of aromatic amines is 1. The number of pyridine rings is 1. The van der Waals surface area contributed by atoms with Crippen molar-refractivity contribution in [1.82, 2.24) is 19.9 Å². The Bertz CT molecular complexity index is 1060. The number of H-pyrrole nitrogens is 1. The predicted octanol–water partition coefficient (Wildman–Crippen LogP) is 3.90. The highest BCUT2D eigenvalue weighted by molar-refractivity contribution is 5.77. The zero-order valence-electron chi connectivity index (χ0n) is 17.6. The van der Waals surface area contributed by atoms with Crippen LogP contribution in [0.1, 0.15) is 31.1 Å². The Morgan fingerprint density at radius 2 is 2.16 bits per heavy atom. The molecule has 1 amide bonds. The summed E-state index contributed by atoms with van der Waals surface area (Å²) in [7, 11) is 1.63. The van der Waals surface area contributed by atoms with Crippen LogP contribution in [0.25, 0.3) is 11.3 Å². The highest BCUT2D eigenvalue weighted by Gasteiger charge is 2.37. The lowest BCUT2D eigenvalue weighted by Gasteiger charge is -2.23. The normalized spacial score (nSPS) is 18.2. The van der Waals surface area contributed by atoms with Crippen molar-refractivity contribution in [2.24, 2.45) is 0 Å². The molecular formula is C23H24F2N4O3. The number of hydrogen-bond acceptors (Lipinski definition) is 5. The first-order valence-electron chi connectivity index (χ1n) is 10.4. The lowest BCUT2D eigenvalue weighted by atomic mass is 10.1. The molecule has 1 N–H and O–H groups in total. The van der Waals surface area contributed by atoms with Gasteiger partial charge in [0.15, 0.2) is 11.6 Å². The molecule has 4 rings (SSSR count). The molecule has 2 atom stereocenters. The Balaban J connectivity index is 1.37. The van der Waals surface area contributed by atoms with E-state index in [2.05, 4.69) is 15.0 Å². The number of hydrogen-bond donors (Lipinski definition) is 1. The summed E-state index contributed by atoms with van der Waals surface area (Å²) in [5, 5.41) is 0. The van der Waals surface area contributed by atoms with E-state index in [1.54, 1.807) is 30.6 Å². The number of ether oxygens (including phenoxy) is 2. The summed E-state index contributed by atoms with van der Waals surface area (Å²) in [6, 6.07) is 6.69. The summed E-state index contributed by atoms with van der Waals surface area (Å²) in [5.74, 6) is -0.821. The van der Waals surface area contributed by atoms with Gasteiger partial charge in [-0.2, -0.15) is 0 Å². The highest BCUT2D eigenvalue weighted by Crippen LogP contribution is 2.33. The van der Waals surface area contributed by atoms with E-state index in [1.807, 2.05) is 12.1 Å². The summed E-state index contributed by atoms with van der Waals surface area (Å²) < 4.78 is 37.5. The van der Waals surface area contributed by atoms with Gasteiger partial charge in [0.1, 0.15) is 11.6 Å². The number of amides is 1. The lowest BCUT2D eigenvalue weighted by molar-refractivity contribution is -0.132. The molecule has 0 unspecified atom stereocenters. The van der Waals surface area contributed by atoms with Gasteiger partial charge in [-0.1, -0.05) is 0 Å². The van der Waals surface area contributed by atoms with Gasteiger partial charge in [-0.3, -0.25) is 9.78 Å². The summed E-state index contributed by atoms with van der Waals surface area (Å²) in [5.41, 5.74) is 1.74. The van der Waals surface area contributed by atoms with Crippen LogP contribution in [0.15, 0.2) is 48.9 Å². The number of nitrogens with zero attached hydrogens (tertiary/aromatic N) is 3. The average molecular weight is 442 g/mol. The molecule has 0 radical (unpaired) electrons. The van der Waals surface area contributed by atoms with Gasteiger partial charge >= 0.3 is 0 Å². The molecule has 7 nitrogen and oxygen atoms in total. The number of halogens is 2. The van der Waals surface area contributed by atoms with Crippen molar-refractivity contribution >= 4 is 5.91 Å². The van der Waals surface area contributed by atoms with E-state index < -0.39 is 11.6 Å². The van der Waals surface area contributed by atoms with Gasteiger partial charge in [-0.25, -0.2) is 13.8 Å². The molecule has 9 heteroatoms. The minimum Gasteiger partial charge on any atom is -0.491 e. The molecule has 1 fully saturated rings. The summed E-state index contributed by atoms with van der Waals surface area (Å²) in [4.78, 5) is 26.6. The Labute approximate surface area is 184 Å². The fraction of sp³-hybridized carbons (Fsp3) is 0.348. The maximum atomic E-state index is 13.7. The fourth-order valence-electron chi connectivity index (χ4n) is 3.82. The van der Waals surface area contributed by atoms with Crippen molar-refractivity contribution in [3.63, 3.8) is 0 Å². The number of methoxy groups -OCH3 is 1. The third kappa shape index (κ3) is 4.94. The molecule has 168 valence electrons. The standard InChI is InChI=1S/C23H24F2N4O3/c1-31-17-11-20(23-27-13-19(28-23)15-4-2-8-26-12-15)29(14-17)22(30)5-3-9-32-21-7-6-16(24)10-18(21)25/h2,4,6-8,10,12-13,17,20H,3,5,9,11,14H2,1H3,(H,27,28)/t17-,20+/m0/s1. The monoisotopic (exact) mass is 442 g/mol. The first-order valence-corrected chi connectivity index (χ1v) is 10.4. The number of carbonyl (C=O) groups excluding carboxylic acids is 1. The van der Waals surface area contributed by atoms with Gasteiger partial charge in [0.05, 0.1) is 30.6 Å². The van der Waals surface area contributed by atoms with Crippen LogP contribution < -0.4 is 4.74 Å². The second-order valence-electron chi connectivity index (χ2n) is 7.61. The van der Waals surface area contributed by atoms with Crippen LogP contribution >= 0.6 is 0 Å². The summed E-state index contributed by atoms with van der Waals surface area (Å²) in [6.07, 6.45) is 6.37. The van der Waals surface area contributed by atoms with Crippen molar-refractivity contribution in [1.29, 1.82) is 0 Å². The van der Waals surface area contributed by atoms with Gasteiger partial charge in [0.25, 0.3) is 0 Å². The Kier molecular flexibility index (Phi) is 6.75. The van der Waals surface area contributed by atoms with Gasteiger partial charge in [-0.05, 0) is 30.7 Å². The first-order chi connectivity index (χ1) is 15.5. The molecule has 0 bridgehead atoms. The maximum Gasteiger partial charge on any atom is 0.223 e. The van der Waals surface area contributed by atoms with Crippen LogP contribution in [0.5, 0.6) is 5.75 Å². The molecule has 32 heavy (non-hydrogen) atoms. The van der Waals surface area contributed by atoms with Crippen LogP contribution in [0.3, 0.4) is 0 Å². The van der Waals surface area contributed by atoms with Crippen molar-refractivity contribution in [2.45, 2.75) is 31.4 Å². The molecule has 3 heterocycles. The zero-order valence-corrected chi connectivity index (χ0v) is 17.6. The van der Waals surface area contributed by atoms with Crippen molar-refractivity contribution in [3.8, 4) is 17.0 Å². The van der Waals surface area contributed by atoms with Crippen molar-refractivity contribution < 1.29 is 23.0 Å². The van der Waals surface area contributed by atoms with Crippen LogP contribution in [0.4, 0.5) is 8.78 Å². The van der Waals surface area contributed by atoms with Gasteiger partial charge in [0, 0.05) is 50.5 Å². The van der Waals surface area contributed by atoms with Crippen molar-refractivity contribution in [2.75, 3.05) is 20.3 Å². The molecule has 0 spiro atoms. The van der Waals surface area contributed by atoms with E-state index in [4.69, 9.17) is 9.47 Å². The van der Waals surface area contributed by atoms with Crippen molar-refractivity contribution in [3.05, 3.63) is 66.4 Å². The zero-order chi connectivity index (χ0) is 22.5. The molecular weight excluding hydrogens is 418 g/mol. The Morgan fingerprint density at radius 1 is 1.28 bits per heavy atom. The van der Waals surface area contributed by atoms with E-state index in [1.165, 1.54) is 6.07 Å². The molecule has 1 aliphatic heterocycles. The molecule has 2 aromatic heterocycles. The number of benzene rings is 1. The average Bonchev–Trinajstić information content (AvgIpc) is 3.45. The van der Waals surface area contributed by atoms with E-state index in [9.17, 15) is 13.6 Å². The number of likely N-dealkylation sites (tertiary alicyclic amines) is 1. The maximum absolute atomic E-state index is 13.7. The van der Waals surface area contributed by atoms with Crippen LogP contribution in [0, 0.1) is 11.6 Å². The molecule has 0 saturated carbocycles. The minimum absolute atomic E-state index is 0.0316. The molecule has 3 aromatic rings. The van der Waals surface area contributed by atoms with Crippen LogP contribution in [0.2, 0.25) is 0 Å². The first kappa shape index (κ1) is 21.9. The van der Waals surface area contributed by atoms with E-state index in [-0.39, 0.29) is 36.8 Å². The molecule has 1 aromatic carbocycles. The summed E-state index contributed by atoms with van der Waals surface area (Å²) in [6.45, 7) is 0.614. The highest BCUT2D eigenvalue weighted by atomic mass is 19.1. The number of nitrogens with one attached hydrogen (secondary N) is 1. The van der Waals surface area contributed by atoms with E-state index >= 15 is 0 Å². The third-order valence-electron chi connectivity index (χ3n) is 5.49. The summed E-state index contributed by atoms with van der Waals surface area (Å²) >= 11 is 0. The fourth-order valence-corrected chi connectivity index (χ4v) is 3.82. The van der Waals surface area contributed by atoms with Gasteiger partial charge in [0.2, 0.25) is 5.91 Å². The second-order valence-corrected chi connectivity index (χ2v) is 7.61. The number of aromatic nitrogens is 3. The molecule has 0 aliphatic carbocycles. The quantitative estimate of drug-likeness (QED) is 0.536. The number of imidazole rings is 1. The number of carbonyl (C=O) groups is 1. The number of rotatable bonds is 8. The minimum atomic E-state index is -0.763. The van der Waals surface area contributed by atoms with Gasteiger partial charge < -0.3 is 19.4 Å². The van der Waals surface area contributed by atoms with E-state index in [0.717, 1.165) is 23.4 Å². The SMILES string of the molecule is CO[C@H]1C[C@H](c2ncc(-c3cccnc3)[nH]2)N(C(=O)CCCOc2ccc(F)cc2F)C1. The predicted molar refractivity (Wildman–Crippen MR) is 113 cm³/mol. The van der Waals surface area contributed by atoms with Crippen LogP contribution in [-0.4, -0.2) is 52.1 Å². The molecule has 1 saturated heterocycles. The second kappa shape index (κ2) is 9.86. The molecule has 1 aliphatic rings. The lowest BCUT2D eigenvalue weighted by Crippen LogP contribution is -2.32. The third-order valence-corrected chi connectivity index (χ3v) is 5.49.